The Balaban J connectivity index is 0.000000280. The van der Waals surface area contributed by atoms with Crippen molar-refractivity contribution in [3.63, 3.8) is 0 Å². The predicted molar refractivity (Wildman–Crippen MR) is 67.7 cm³/mol. The van der Waals surface area contributed by atoms with Crippen molar-refractivity contribution in [2.24, 2.45) is 0 Å². The maximum atomic E-state index is 8.74. The normalized spacial score (nSPS) is 10.3. The van der Waals surface area contributed by atoms with Gasteiger partial charge >= 0.3 is 10.4 Å². The topological polar surface area (TPSA) is 87.5 Å². The molecule has 0 unspecified atom stereocenters. The third-order valence-electron chi connectivity index (χ3n) is 1.95. The maximum Gasteiger partial charge on any atom is 0.394 e. The van der Waals surface area contributed by atoms with Crippen LogP contribution in [0.15, 0.2) is 54.7 Å². The van der Waals surface area contributed by atoms with Crippen molar-refractivity contribution in [2.45, 2.75) is 6.42 Å². The zero-order valence-electron chi connectivity index (χ0n) is 9.47. The van der Waals surface area contributed by atoms with E-state index in [4.69, 9.17) is 17.5 Å². The minimum Gasteiger partial charge on any atom is -0.264 e. The highest BCUT2D eigenvalue weighted by atomic mass is 32.3. The molecule has 2 aromatic rings. The Labute approximate surface area is 106 Å². The van der Waals surface area contributed by atoms with E-state index in [0.717, 1.165) is 12.1 Å². The molecule has 0 saturated carbocycles. The summed E-state index contributed by atoms with van der Waals surface area (Å²) in [5, 5.41) is 0. The second-order valence-electron chi connectivity index (χ2n) is 3.43. The molecule has 0 bridgehead atoms. The van der Waals surface area contributed by atoms with E-state index in [0.29, 0.717) is 0 Å². The smallest absolute Gasteiger partial charge is 0.264 e. The van der Waals surface area contributed by atoms with Crippen molar-refractivity contribution >= 4 is 10.4 Å². The van der Waals surface area contributed by atoms with Gasteiger partial charge in [0.15, 0.2) is 0 Å². The molecule has 0 spiro atoms. The van der Waals surface area contributed by atoms with Crippen LogP contribution >= 0.6 is 0 Å². The first-order valence-electron chi connectivity index (χ1n) is 5.09. The summed E-state index contributed by atoms with van der Waals surface area (Å²) in [6.07, 6.45) is 2.75. The highest BCUT2D eigenvalue weighted by Crippen LogP contribution is 2.05. The molecule has 1 aromatic heterocycles. The van der Waals surface area contributed by atoms with Crippen molar-refractivity contribution < 1.29 is 17.5 Å². The minimum atomic E-state index is -4.67. The molecule has 0 amide bonds. The molecular weight excluding hydrogens is 254 g/mol. The Kier molecular flexibility index (Phi) is 5.44. The van der Waals surface area contributed by atoms with Gasteiger partial charge in [0, 0.05) is 18.3 Å². The average molecular weight is 267 g/mol. The Bertz CT molecular complexity index is 510. The van der Waals surface area contributed by atoms with Crippen LogP contribution in [0.2, 0.25) is 0 Å². The lowest BCUT2D eigenvalue weighted by Gasteiger charge is -1.99. The summed E-state index contributed by atoms with van der Waals surface area (Å²) in [6.45, 7) is 0. The summed E-state index contributed by atoms with van der Waals surface area (Å²) in [5.41, 5.74) is 2.43. The van der Waals surface area contributed by atoms with Crippen molar-refractivity contribution in [1.29, 1.82) is 0 Å². The predicted octanol–water partition coefficient (Wildman–Crippen LogP) is 2.02. The van der Waals surface area contributed by atoms with Gasteiger partial charge in [0.2, 0.25) is 0 Å². The number of nitrogens with zero attached hydrogens (tertiary/aromatic N) is 1. The van der Waals surface area contributed by atoms with E-state index in [2.05, 4.69) is 29.2 Å². The van der Waals surface area contributed by atoms with Crippen molar-refractivity contribution in [1.82, 2.24) is 4.98 Å². The molecule has 0 aliphatic heterocycles. The molecule has 1 aromatic carbocycles. The highest BCUT2D eigenvalue weighted by molar-refractivity contribution is 7.79. The van der Waals surface area contributed by atoms with Gasteiger partial charge in [-0.3, -0.25) is 14.1 Å². The monoisotopic (exact) mass is 267 g/mol. The third-order valence-corrected chi connectivity index (χ3v) is 1.95. The van der Waals surface area contributed by atoms with E-state index >= 15 is 0 Å². The summed E-state index contributed by atoms with van der Waals surface area (Å²) < 4.78 is 31.6. The average Bonchev–Trinajstić information content (AvgIpc) is 2.29. The number of hydrogen-bond donors (Lipinski definition) is 2. The maximum absolute atomic E-state index is 8.74. The molecule has 0 saturated heterocycles. The van der Waals surface area contributed by atoms with E-state index in [1.165, 1.54) is 5.56 Å². The van der Waals surface area contributed by atoms with Gasteiger partial charge in [0.1, 0.15) is 0 Å². The quantitative estimate of drug-likeness (QED) is 0.813. The van der Waals surface area contributed by atoms with Crippen LogP contribution < -0.4 is 0 Å². The van der Waals surface area contributed by atoms with Crippen molar-refractivity contribution in [3.05, 3.63) is 66.0 Å². The van der Waals surface area contributed by atoms with Gasteiger partial charge in [-0.25, -0.2) is 0 Å². The Hall–Kier alpha value is -1.76. The van der Waals surface area contributed by atoms with Crippen LogP contribution in [0.1, 0.15) is 11.3 Å². The molecule has 1 heterocycles. The molecule has 0 aliphatic rings. The fourth-order valence-corrected chi connectivity index (χ4v) is 1.31. The number of benzene rings is 1. The summed E-state index contributed by atoms with van der Waals surface area (Å²) >= 11 is 0. The van der Waals surface area contributed by atoms with Gasteiger partial charge in [-0.15, -0.1) is 0 Å². The van der Waals surface area contributed by atoms with Crippen LogP contribution in [0.25, 0.3) is 0 Å². The standard InChI is InChI=1S/C12H11N.H2O4S/c1-2-6-11(7-3-1)10-12-8-4-5-9-13-12;1-5(2,3)4/h1-9H,10H2;(H2,1,2,3,4). The van der Waals surface area contributed by atoms with Gasteiger partial charge in [-0.2, -0.15) is 8.42 Å². The molecule has 6 heteroatoms. The summed E-state index contributed by atoms with van der Waals surface area (Å²) in [7, 11) is -4.67. The highest BCUT2D eigenvalue weighted by Gasteiger charge is 1.94. The Morgan fingerprint density at radius 2 is 1.50 bits per heavy atom. The summed E-state index contributed by atoms with van der Waals surface area (Å²) in [5.74, 6) is 0. The second kappa shape index (κ2) is 6.85. The lowest BCUT2D eigenvalue weighted by Crippen LogP contribution is -1.89. The van der Waals surface area contributed by atoms with E-state index < -0.39 is 10.4 Å². The van der Waals surface area contributed by atoms with Crippen molar-refractivity contribution in [3.8, 4) is 0 Å². The SMILES string of the molecule is O=S(=O)(O)O.c1ccc(Cc2ccccn2)cc1. The fourth-order valence-electron chi connectivity index (χ4n) is 1.31. The molecular formula is C12H13NO4S. The number of pyridine rings is 1. The molecule has 96 valence electrons. The Morgan fingerprint density at radius 1 is 0.944 bits per heavy atom. The molecule has 0 atom stereocenters. The lowest BCUT2D eigenvalue weighted by molar-refractivity contribution is 0.381. The van der Waals surface area contributed by atoms with Crippen LogP contribution in [-0.2, 0) is 16.8 Å². The summed E-state index contributed by atoms with van der Waals surface area (Å²) in [4.78, 5) is 4.27. The first-order chi connectivity index (χ1) is 8.45. The van der Waals surface area contributed by atoms with Gasteiger partial charge < -0.3 is 0 Å². The van der Waals surface area contributed by atoms with E-state index in [9.17, 15) is 0 Å². The molecule has 0 aliphatic carbocycles. The number of rotatable bonds is 2. The third kappa shape index (κ3) is 7.50. The molecule has 2 N–H and O–H groups in total. The number of aromatic nitrogens is 1. The molecule has 18 heavy (non-hydrogen) atoms. The van der Waals surface area contributed by atoms with Crippen LogP contribution in [0.4, 0.5) is 0 Å². The second-order valence-corrected chi connectivity index (χ2v) is 4.33. The van der Waals surface area contributed by atoms with Gasteiger partial charge in [0.25, 0.3) is 0 Å². The van der Waals surface area contributed by atoms with Crippen LogP contribution in [0.3, 0.4) is 0 Å². The molecule has 0 fully saturated rings. The van der Waals surface area contributed by atoms with Crippen molar-refractivity contribution in [2.75, 3.05) is 0 Å². The van der Waals surface area contributed by atoms with Crippen LogP contribution in [-0.4, -0.2) is 22.5 Å². The van der Waals surface area contributed by atoms with Crippen LogP contribution in [0, 0.1) is 0 Å². The van der Waals surface area contributed by atoms with Gasteiger partial charge in [0.05, 0.1) is 0 Å². The Morgan fingerprint density at radius 3 is 2.00 bits per heavy atom. The largest absolute Gasteiger partial charge is 0.394 e. The zero-order valence-corrected chi connectivity index (χ0v) is 10.3. The first-order valence-corrected chi connectivity index (χ1v) is 6.48. The summed E-state index contributed by atoms with van der Waals surface area (Å²) in [6, 6.07) is 16.4. The van der Waals surface area contributed by atoms with E-state index in [-0.39, 0.29) is 0 Å². The van der Waals surface area contributed by atoms with Gasteiger partial charge in [-0.05, 0) is 17.7 Å². The van der Waals surface area contributed by atoms with Gasteiger partial charge in [-0.1, -0.05) is 36.4 Å². The lowest BCUT2D eigenvalue weighted by atomic mass is 10.1. The number of hydrogen-bond acceptors (Lipinski definition) is 3. The molecule has 0 radical (unpaired) electrons. The first kappa shape index (κ1) is 14.3. The van der Waals surface area contributed by atoms with E-state index in [1.807, 2.05) is 30.5 Å². The van der Waals surface area contributed by atoms with E-state index in [1.54, 1.807) is 0 Å². The fraction of sp³-hybridized carbons (Fsp3) is 0.0833. The minimum absolute atomic E-state index is 0.918. The molecule has 2 rings (SSSR count). The molecule has 5 nitrogen and oxygen atoms in total. The van der Waals surface area contributed by atoms with Crippen LogP contribution in [0.5, 0.6) is 0 Å². The zero-order chi connectivity index (χ0) is 13.4.